The largest absolute Gasteiger partial charge is 0.872 e. The van der Waals surface area contributed by atoms with Crippen LogP contribution in [-0.2, 0) is 13.0 Å². The average molecular weight is 426 g/mol. The van der Waals surface area contributed by atoms with Gasteiger partial charge in [0.05, 0.1) is 13.1 Å². The van der Waals surface area contributed by atoms with Crippen LogP contribution in [0.2, 0.25) is 0 Å². The van der Waals surface area contributed by atoms with Crippen molar-refractivity contribution in [2.45, 2.75) is 25.8 Å². The summed E-state index contributed by atoms with van der Waals surface area (Å²) in [6, 6.07) is 25.1. The second-order valence-electron chi connectivity index (χ2n) is 8.86. The number of rotatable bonds is 5. The highest BCUT2D eigenvalue weighted by molar-refractivity contribution is 5.88. The van der Waals surface area contributed by atoms with E-state index in [0.29, 0.717) is 17.1 Å². The van der Waals surface area contributed by atoms with Gasteiger partial charge in [0.2, 0.25) is 0 Å². The third kappa shape index (κ3) is 4.46. The lowest BCUT2D eigenvalue weighted by Gasteiger charge is -2.29. The van der Waals surface area contributed by atoms with Crippen molar-refractivity contribution in [2.24, 2.45) is 5.92 Å². The molecule has 0 unspecified atom stereocenters. The molecule has 1 N–H and O–H groups in total. The van der Waals surface area contributed by atoms with Crippen LogP contribution in [0.25, 0.3) is 22.1 Å². The molecular formula is C28H27NO3. The van der Waals surface area contributed by atoms with Crippen LogP contribution in [0.3, 0.4) is 0 Å². The fourth-order valence-electron chi connectivity index (χ4n) is 4.93. The molecule has 32 heavy (non-hydrogen) atoms. The standard InChI is InChI=1S/C28H27NO3/c30-26-17-25-23(16-28(31)32-27(25)18-24(26)22-9-5-2-6-10-22)19-29-13-11-21(12-14-29)15-20-7-3-1-4-8-20/h1-10,16-18,21,30H,11-15,19H2. The Morgan fingerprint density at radius 3 is 2.31 bits per heavy atom. The highest BCUT2D eigenvalue weighted by Crippen LogP contribution is 2.32. The van der Waals surface area contributed by atoms with Gasteiger partial charge in [-0.05, 0) is 47.9 Å². The molecule has 0 radical (unpaired) electrons. The molecule has 162 valence electrons. The summed E-state index contributed by atoms with van der Waals surface area (Å²) in [5, 5.41) is 13.6. The summed E-state index contributed by atoms with van der Waals surface area (Å²) in [6.07, 6.45) is 3.48. The Hall–Kier alpha value is -3.37. The lowest BCUT2D eigenvalue weighted by molar-refractivity contribution is -0.919. The number of hydrogen-bond donors (Lipinski definition) is 1. The van der Waals surface area contributed by atoms with Crippen molar-refractivity contribution >= 4 is 11.0 Å². The molecule has 4 aromatic rings. The van der Waals surface area contributed by atoms with Crippen LogP contribution in [-0.4, -0.2) is 13.1 Å². The van der Waals surface area contributed by atoms with Gasteiger partial charge >= 0.3 is 5.63 Å². The van der Waals surface area contributed by atoms with E-state index < -0.39 is 0 Å². The molecular weight excluding hydrogens is 398 g/mol. The number of nitrogens with one attached hydrogen (secondary N) is 1. The van der Waals surface area contributed by atoms with E-state index in [-0.39, 0.29) is 11.4 Å². The SMILES string of the molecule is O=c1cc(C[NH+]2CCC(Cc3ccccc3)CC2)c2cc([O-])c(-c3ccccc3)cc2o1. The van der Waals surface area contributed by atoms with Crippen molar-refractivity contribution in [1.29, 1.82) is 0 Å². The number of hydrogen-bond acceptors (Lipinski definition) is 3. The van der Waals surface area contributed by atoms with Crippen LogP contribution < -0.4 is 15.6 Å². The van der Waals surface area contributed by atoms with Gasteiger partial charge in [-0.15, -0.1) is 5.75 Å². The van der Waals surface area contributed by atoms with Gasteiger partial charge < -0.3 is 14.4 Å². The molecule has 0 saturated carbocycles. The molecule has 4 nitrogen and oxygen atoms in total. The maximum atomic E-state index is 12.9. The van der Waals surface area contributed by atoms with Crippen molar-refractivity contribution in [3.63, 3.8) is 0 Å². The zero-order valence-electron chi connectivity index (χ0n) is 18.1. The first-order valence-corrected chi connectivity index (χ1v) is 11.4. The first kappa shape index (κ1) is 20.5. The highest BCUT2D eigenvalue weighted by atomic mass is 16.4. The Morgan fingerprint density at radius 1 is 0.906 bits per heavy atom. The second-order valence-corrected chi connectivity index (χ2v) is 8.86. The van der Waals surface area contributed by atoms with Crippen LogP contribution in [0.15, 0.2) is 88.1 Å². The Bertz CT molecular complexity index is 1260. The molecule has 1 aliphatic rings. The average Bonchev–Trinajstić information content (AvgIpc) is 2.82. The van der Waals surface area contributed by atoms with Gasteiger partial charge in [-0.3, -0.25) is 0 Å². The van der Waals surface area contributed by atoms with Crippen LogP contribution in [0, 0.1) is 5.92 Å². The van der Waals surface area contributed by atoms with E-state index in [1.165, 1.54) is 23.3 Å². The number of fused-ring (bicyclic) bond motifs is 1. The predicted octanol–water partition coefficient (Wildman–Crippen LogP) is 3.57. The monoisotopic (exact) mass is 425 g/mol. The Morgan fingerprint density at radius 2 is 1.59 bits per heavy atom. The van der Waals surface area contributed by atoms with E-state index in [2.05, 4.69) is 30.3 Å². The van der Waals surface area contributed by atoms with Crippen molar-refractivity contribution in [3.05, 3.63) is 100 Å². The van der Waals surface area contributed by atoms with Crippen LogP contribution in [0.5, 0.6) is 5.75 Å². The van der Waals surface area contributed by atoms with Crippen molar-refractivity contribution < 1.29 is 14.4 Å². The quantitative estimate of drug-likeness (QED) is 0.498. The Kier molecular flexibility index (Phi) is 5.78. The topological polar surface area (TPSA) is 57.7 Å². The van der Waals surface area contributed by atoms with Crippen LogP contribution in [0.1, 0.15) is 24.0 Å². The molecule has 2 heterocycles. The third-order valence-corrected chi connectivity index (χ3v) is 6.64. The first-order valence-electron chi connectivity index (χ1n) is 11.4. The molecule has 0 amide bonds. The molecule has 1 aromatic heterocycles. The molecule has 0 aliphatic carbocycles. The van der Waals surface area contributed by atoms with Gasteiger partial charge in [0.1, 0.15) is 12.1 Å². The molecule has 5 rings (SSSR count). The van der Waals surface area contributed by atoms with Gasteiger partial charge in [-0.25, -0.2) is 4.79 Å². The molecule has 0 spiro atoms. The summed E-state index contributed by atoms with van der Waals surface area (Å²) in [5.41, 5.74) is 3.84. The summed E-state index contributed by atoms with van der Waals surface area (Å²) >= 11 is 0. The maximum absolute atomic E-state index is 12.9. The normalized spacial score (nSPS) is 18.6. The van der Waals surface area contributed by atoms with Crippen LogP contribution in [0.4, 0.5) is 0 Å². The van der Waals surface area contributed by atoms with Gasteiger partial charge in [-0.2, -0.15) is 0 Å². The summed E-state index contributed by atoms with van der Waals surface area (Å²) in [6.45, 7) is 2.89. The van der Waals surface area contributed by atoms with Gasteiger partial charge in [-0.1, -0.05) is 66.7 Å². The minimum absolute atomic E-state index is 0.0460. The minimum Gasteiger partial charge on any atom is -0.872 e. The van der Waals surface area contributed by atoms with Gasteiger partial charge in [0, 0.05) is 17.0 Å². The zero-order chi connectivity index (χ0) is 21.9. The lowest BCUT2D eigenvalue weighted by atomic mass is 9.90. The number of likely N-dealkylation sites (tertiary alicyclic amines) is 1. The molecule has 0 bridgehead atoms. The number of piperidine rings is 1. The van der Waals surface area contributed by atoms with Crippen molar-refractivity contribution in [2.75, 3.05) is 13.1 Å². The minimum atomic E-state index is -0.358. The van der Waals surface area contributed by atoms with Crippen LogP contribution >= 0.6 is 0 Å². The number of benzene rings is 3. The second kappa shape index (κ2) is 9.01. The lowest BCUT2D eigenvalue weighted by Crippen LogP contribution is -3.11. The van der Waals surface area contributed by atoms with E-state index >= 15 is 0 Å². The van der Waals surface area contributed by atoms with Crippen molar-refractivity contribution in [1.82, 2.24) is 0 Å². The summed E-state index contributed by atoms with van der Waals surface area (Å²) < 4.78 is 5.49. The molecule has 1 fully saturated rings. The number of quaternary nitrogens is 1. The van der Waals surface area contributed by atoms with Crippen molar-refractivity contribution in [3.8, 4) is 16.9 Å². The fourth-order valence-corrected chi connectivity index (χ4v) is 4.93. The third-order valence-electron chi connectivity index (χ3n) is 6.64. The van der Waals surface area contributed by atoms with E-state index in [0.717, 1.165) is 42.6 Å². The predicted molar refractivity (Wildman–Crippen MR) is 125 cm³/mol. The van der Waals surface area contributed by atoms with E-state index in [9.17, 15) is 9.90 Å². The summed E-state index contributed by atoms with van der Waals surface area (Å²) in [5.74, 6) is 0.663. The summed E-state index contributed by atoms with van der Waals surface area (Å²) in [7, 11) is 0. The smallest absolute Gasteiger partial charge is 0.336 e. The van der Waals surface area contributed by atoms with Gasteiger partial charge in [0.15, 0.2) is 0 Å². The molecule has 4 heteroatoms. The van der Waals surface area contributed by atoms with E-state index in [1.54, 1.807) is 18.2 Å². The zero-order valence-corrected chi connectivity index (χ0v) is 18.1. The maximum Gasteiger partial charge on any atom is 0.336 e. The molecule has 3 aromatic carbocycles. The van der Waals surface area contributed by atoms with E-state index in [4.69, 9.17) is 4.42 Å². The van der Waals surface area contributed by atoms with E-state index in [1.807, 2.05) is 30.3 Å². The highest BCUT2D eigenvalue weighted by Gasteiger charge is 2.23. The first-order chi connectivity index (χ1) is 15.7. The molecule has 0 atom stereocenters. The Labute approximate surface area is 187 Å². The summed E-state index contributed by atoms with van der Waals surface area (Å²) in [4.78, 5) is 13.7. The molecule has 1 aliphatic heterocycles. The molecule has 1 saturated heterocycles. The van der Waals surface area contributed by atoms with Gasteiger partial charge in [0.25, 0.3) is 0 Å². The Balaban J connectivity index is 1.34. The fraction of sp³-hybridized carbons (Fsp3) is 0.250.